The topological polar surface area (TPSA) is 102 Å². The molecule has 0 aliphatic heterocycles. The van der Waals surface area contributed by atoms with Crippen molar-refractivity contribution in [3.63, 3.8) is 0 Å². The Labute approximate surface area is 175 Å². The van der Waals surface area contributed by atoms with Gasteiger partial charge in [0.1, 0.15) is 5.56 Å². The van der Waals surface area contributed by atoms with Gasteiger partial charge in [0.15, 0.2) is 0 Å². The van der Waals surface area contributed by atoms with Crippen LogP contribution in [0, 0.1) is 0 Å². The van der Waals surface area contributed by atoms with Crippen molar-refractivity contribution in [1.82, 2.24) is 15.0 Å². The zero-order chi connectivity index (χ0) is 21.3. The van der Waals surface area contributed by atoms with Crippen LogP contribution in [-0.2, 0) is 6.54 Å². The molecule has 0 fully saturated rings. The number of unbranched alkanes of at least 4 members (excludes halogenated alkanes) is 4. The molecule has 1 aromatic carbocycles. The zero-order valence-electron chi connectivity index (χ0n) is 17.2. The number of amides is 1. The van der Waals surface area contributed by atoms with E-state index in [1.54, 1.807) is 22.9 Å². The smallest absolute Gasteiger partial charge is 0.279 e. The Bertz CT molecular complexity index is 1090. The Hall–Kier alpha value is -3.48. The second-order valence-electron chi connectivity index (χ2n) is 7.13. The van der Waals surface area contributed by atoms with Gasteiger partial charge in [-0.3, -0.25) is 14.6 Å². The number of hydrogen-bond acceptors (Lipinski definition) is 5. The highest BCUT2D eigenvalue weighted by atomic mass is 16.2. The minimum absolute atomic E-state index is 0.0829. The summed E-state index contributed by atoms with van der Waals surface area (Å²) in [5.74, 6) is -0.629. The maximum Gasteiger partial charge on any atom is 0.279 e. The van der Waals surface area contributed by atoms with Crippen molar-refractivity contribution in [1.29, 1.82) is 0 Å². The van der Waals surface area contributed by atoms with Gasteiger partial charge in [0.25, 0.3) is 11.5 Å². The number of carbonyl (C=O) groups is 1. The van der Waals surface area contributed by atoms with E-state index >= 15 is 0 Å². The molecule has 0 atom stereocenters. The minimum Gasteiger partial charge on any atom is -0.397 e. The number of aromatic nitrogens is 2. The van der Waals surface area contributed by atoms with E-state index < -0.39 is 11.5 Å². The number of anilines is 1. The largest absolute Gasteiger partial charge is 0.397 e. The van der Waals surface area contributed by atoms with Crippen molar-refractivity contribution >= 4 is 28.7 Å². The lowest BCUT2D eigenvalue weighted by atomic mass is 10.1. The molecule has 3 aromatic rings. The van der Waals surface area contributed by atoms with E-state index in [0.717, 1.165) is 31.2 Å². The average Bonchev–Trinajstić information content (AvgIpc) is 2.76. The van der Waals surface area contributed by atoms with Crippen LogP contribution in [0.25, 0.3) is 10.9 Å². The first kappa shape index (κ1) is 21.2. The third kappa shape index (κ3) is 4.92. The van der Waals surface area contributed by atoms with Crippen LogP contribution >= 0.6 is 0 Å². The number of nitrogens with one attached hydrogen (secondary N) is 1. The molecule has 0 aliphatic rings. The maximum atomic E-state index is 13.2. The summed E-state index contributed by atoms with van der Waals surface area (Å²) in [6, 6.07) is 12.8. The average molecular weight is 406 g/mol. The Morgan fingerprint density at radius 3 is 2.67 bits per heavy atom. The van der Waals surface area contributed by atoms with E-state index in [0.29, 0.717) is 17.6 Å². The van der Waals surface area contributed by atoms with Gasteiger partial charge in [-0.1, -0.05) is 56.9 Å². The summed E-state index contributed by atoms with van der Waals surface area (Å²) in [4.78, 5) is 30.0. The third-order valence-corrected chi connectivity index (χ3v) is 4.98. The van der Waals surface area contributed by atoms with Crippen molar-refractivity contribution in [2.75, 3.05) is 5.73 Å². The number of hydrazone groups is 1. The van der Waals surface area contributed by atoms with E-state index in [-0.39, 0.29) is 11.3 Å². The number of carbonyl (C=O) groups excluding carboxylic acids is 1. The standard InChI is InChI=1S/C23H27N5O2/c1-2-3-4-5-10-15-28-19-13-7-6-12-18(19)21(24)20(23(28)30)22(29)27-26-16-17-11-8-9-14-25-17/h6-9,11-14,16H,2-5,10,15,24H2,1H3,(H,27,29)/b26-16-. The number of aryl methyl sites for hydroxylation is 1. The Kier molecular flexibility index (Phi) is 7.32. The molecule has 2 aromatic heterocycles. The van der Waals surface area contributed by atoms with Crippen molar-refractivity contribution in [2.24, 2.45) is 5.10 Å². The first-order valence-electron chi connectivity index (χ1n) is 10.3. The second-order valence-corrected chi connectivity index (χ2v) is 7.13. The molecule has 7 nitrogen and oxygen atoms in total. The summed E-state index contributed by atoms with van der Waals surface area (Å²) in [6.07, 6.45) is 8.42. The molecular weight excluding hydrogens is 378 g/mol. The van der Waals surface area contributed by atoms with Crippen LogP contribution in [0.15, 0.2) is 58.6 Å². The van der Waals surface area contributed by atoms with Crippen LogP contribution in [0.4, 0.5) is 5.69 Å². The van der Waals surface area contributed by atoms with Crippen LogP contribution in [0.3, 0.4) is 0 Å². The van der Waals surface area contributed by atoms with Crippen molar-refractivity contribution in [2.45, 2.75) is 45.6 Å². The molecular formula is C23H27N5O2. The monoisotopic (exact) mass is 405 g/mol. The number of fused-ring (bicyclic) bond motifs is 1. The van der Waals surface area contributed by atoms with Gasteiger partial charge < -0.3 is 10.3 Å². The molecule has 7 heteroatoms. The van der Waals surface area contributed by atoms with Crippen LogP contribution in [0.5, 0.6) is 0 Å². The predicted octanol–water partition coefficient (Wildman–Crippen LogP) is 3.71. The summed E-state index contributed by atoms with van der Waals surface area (Å²) in [5.41, 5.74) is 9.65. The molecule has 3 N–H and O–H groups in total. The maximum absolute atomic E-state index is 13.2. The van der Waals surface area contributed by atoms with Gasteiger partial charge in [0.2, 0.25) is 0 Å². The molecule has 0 bridgehead atoms. The fourth-order valence-corrected chi connectivity index (χ4v) is 3.41. The summed E-state index contributed by atoms with van der Waals surface area (Å²) >= 11 is 0. The summed E-state index contributed by atoms with van der Waals surface area (Å²) < 4.78 is 1.65. The quantitative estimate of drug-likeness (QED) is 0.322. The molecule has 0 saturated carbocycles. The molecule has 0 radical (unpaired) electrons. The third-order valence-electron chi connectivity index (χ3n) is 4.98. The van der Waals surface area contributed by atoms with Gasteiger partial charge in [-0.2, -0.15) is 5.10 Å². The van der Waals surface area contributed by atoms with E-state index in [9.17, 15) is 9.59 Å². The van der Waals surface area contributed by atoms with Crippen LogP contribution < -0.4 is 16.7 Å². The Morgan fingerprint density at radius 2 is 1.90 bits per heavy atom. The van der Waals surface area contributed by atoms with Gasteiger partial charge in [0, 0.05) is 18.1 Å². The fraction of sp³-hybridized carbons (Fsp3) is 0.304. The minimum atomic E-state index is -0.629. The molecule has 0 unspecified atom stereocenters. The first-order valence-corrected chi connectivity index (χ1v) is 10.3. The lowest BCUT2D eigenvalue weighted by molar-refractivity contribution is 0.0954. The highest BCUT2D eigenvalue weighted by Crippen LogP contribution is 2.22. The summed E-state index contributed by atoms with van der Waals surface area (Å²) in [5, 5.41) is 4.60. The number of nitrogen functional groups attached to an aromatic ring is 1. The molecule has 1 amide bonds. The lowest BCUT2D eigenvalue weighted by Crippen LogP contribution is -2.33. The van der Waals surface area contributed by atoms with Gasteiger partial charge >= 0.3 is 0 Å². The van der Waals surface area contributed by atoms with Crippen LogP contribution in [-0.4, -0.2) is 21.7 Å². The van der Waals surface area contributed by atoms with Crippen molar-refractivity contribution in [3.8, 4) is 0 Å². The van der Waals surface area contributed by atoms with Crippen molar-refractivity contribution < 1.29 is 4.79 Å². The second kappa shape index (κ2) is 10.3. The fourth-order valence-electron chi connectivity index (χ4n) is 3.41. The number of nitrogens with two attached hydrogens (primary N) is 1. The molecule has 2 heterocycles. The molecule has 0 aliphatic carbocycles. The SMILES string of the molecule is CCCCCCCn1c(=O)c(C(=O)N/N=C\c2ccccn2)c(N)c2ccccc21. The predicted molar refractivity (Wildman–Crippen MR) is 121 cm³/mol. The number of hydrogen-bond donors (Lipinski definition) is 2. The molecule has 0 saturated heterocycles. The molecule has 30 heavy (non-hydrogen) atoms. The highest BCUT2D eigenvalue weighted by Gasteiger charge is 2.20. The van der Waals surface area contributed by atoms with Gasteiger partial charge in [-0.25, -0.2) is 5.43 Å². The van der Waals surface area contributed by atoms with Gasteiger partial charge in [-0.15, -0.1) is 0 Å². The van der Waals surface area contributed by atoms with E-state index in [4.69, 9.17) is 5.73 Å². The Balaban J connectivity index is 1.88. The highest BCUT2D eigenvalue weighted by molar-refractivity contribution is 6.06. The van der Waals surface area contributed by atoms with E-state index in [2.05, 4.69) is 22.4 Å². The van der Waals surface area contributed by atoms with E-state index in [1.807, 2.05) is 30.3 Å². The van der Waals surface area contributed by atoms with Crippen molar-refractivity contribution in [3.05, 3.63) is 70.3 Å². The first-order chi connectivity index (χ1) is 14.6. The Morgan fingerprint density at radius 1 is 1.13 bits per heavy atom. The molecule has 0 spiro atoms. The van der Waals surface area contributed by atoms with Crippen LogP contribution in [0.2, 0.25) is 0 Å². The number of rotatable bonds is 9. The number of para-hydroxylation sites is 1. The molecule has 156 valence electrons. The molecule has 3 rings (SSSR count). The van der Waals surface area contributed by atoms with Gasteiger partial charge in [-0.05, 0) is 24.6 Å². The summed E-state index contributed by atoms with van der Waals surface area (Å²) in [7, 11) is 0. The normalized spacial score (nSPS) is 11.2. The van der Waals surface area contributed by atoms with Gasteiger partial charge in [0.05, 0.1) is 23.1 Å². The number of benzene rings is 1. The summed E-state index contributed by atoms with van der Waals surface area (Å²) in [6.45, 7) is 2.71. The van der Waals surface area contributed by atoms with Crippen LogP contribution in [0.1, 0.15) is 55.1 Å². The number of pyridine rings is 2. The van der Waals surface area contributed by atoms with E-state index in [1.165, 1.54) is 12.6 Å². The zero-order valence-corrected chi connectivity index (χ0v) is 17.2. The lowest BCUT2D eigenvalue weighted by Gasteiger charge is -2.15. The number of nitrogens with zero attached hydrogens (tertiary/aromatic N) is 3.